The van der Waals surface area contributed by atoms with Crippen molar-refractivity contribution < 1.29 is 4.74 Å². The molecular formula is C15H26IN3O. The van der Waals surface area contributed by atoms with Crippen LogP contribution in [0.1, 0.15) is 26.3 Å². The number of aryl methyl sites for hydroxylation is 1. The molecule has 0 saturated carbocycles. The number of nitrogens with zero attached hydrogens (tertiary/aromatic N) is 1. The van der Waals surface area contributed by atoms with Crippen molar-refractivity contribution in [1.29, 1.82) is 0 Å². The number of hydrogen-bond acceptors (Lipinski definition) is 2. The van der Waals surface area contributed by atoms with Crippen LogP contribution in [0, 0.1) is 12.8 Å². The summed E-state index contributed by atoms with van der Waals surface area (Å²) >= 11 is 0. The highest BCUT2D eigenvalue weighted by atomic mass is 127. The van der Waals surface area contributed by atoms with Gasteiger partial charge in [-0.1, -0.05) is 26.0 Å². The summed E-state index contributed by atoms with van der Waals surface area (Å²) in [5, 5.41) is 3.08. The van der Waals surface area contributed by atoms with Crippen LogP contribution >= 0.6 is 24.0 Å². The van der Waals surface area contributed by atoms with Crippen molar-refractivity contribution >= 4 is 29.9 Å². The maximum atomic E-state index is 5.80. The average Bonchev–Trinajstić information content (AvgIpc) is 2.34. The number of nitrogens with one attached hydrogen (secondary N) is 1. The molecule has 0 heterocycles. The highest BCUT2D eigenvalue weighted by Crippen LogP contribution is 2.13. The van der Waals surface area contributed by atoms with Crippen LogP contribution in [0.5, 0.6) is 5.75 Å². The van der Waals surface area contributed by atoms with Crippen LogP contribution in [0.4, 0.5) is 0 Å². The molecule has 1 aromatic carbocycles. The van der Waals surface area contributed by atoms with Crippen LogP contribution in [0.15, 0.2) is 29.3 Å². The monoisotopic (exact) mass is 391 g/mol. The molecule has 0 aromatic heterocycles. The van der Waals surface area contributed by atoms with Crippen molar-refractivity contribution in [3.05, 3.63) is 29.8 Å². The van der Waals surface area contributed by atoms with Gasteiger partial charge in [0.15, 0.2) is 5.96 Å². The smallest absolute Gasteiger partial charge is 0.188 e. The lowest BCUT2D eigenvalue weighted by molar-refractivity contribution is 0.224. The first-order chi connectivity index (χ1) is 8.97. The summed E-state index contributed by atoms with van der Waals surface area (Å²) < 4.78 is 5.80. The lowest BCUT2D eigenvalue weighted by atomic mass is 10.2. The summed E-state index contributed by atoms with van der Waals surface area (Å²) in [7, 11) is 0. The van der Waals surface area contributed by atoms with Gasteiger partial charge in [0.05, 0.1) is 6.54 Å². The van der Waals surface area contributed by atoms with Gasteiger partial charge in [0.2, 0.25) is 0 Å². The van der Waals surface area contributed by atoms with E-state index in [1.807, 2.05) is 38.1 Å². The van der Waals surface area contributed by atoms with Crippen molar-refractivity contribution in [2.45, 2.75) is 33.8 Å². The lowest BCUT2D eigenvalue weighted by Gasteiger charge is -2.16. The van der Waals surface area contributed by atoms with E-state index in [9.17, 15) is 0 Å². The zero-order chi connectivity index (χ0) is 14.3. The van der Waals surface area contributed by atoms with E-state index in [4.69, 9.17) is 10.5 Å². The molecule has 0 spiro atoms. The number of guanidine groups is 1. The molecule has 5 heteroatoms. The predicted molar refractivity (Wildman–Crippen MR) is 96.0 cm³/mol. The summed E-state index contributed by atoms with van der Waals surface area (Å²) in [5.41, 5.74) is 6.96. The Labute approximate surface area is 139 Å². The van der Waals surface area contributed by atoms with Gasteiger partial charge >= 0.3 is 0 Å². The van der Waals surface area contributed by atoms with E-state index in [0.717, 1.165) is 12.3 Å². The number of hydrogen-bond donors (Lipinski definition) is 2. The minimum Gasteiger partial charge on any atom is -0.489 e. The van der Waals surface area contributed by atoms with Crippen molar-refractivity contribution in [3.63, 3.8) is 0 Å². The molecule has 3 N–H and O–H groups in total. The van der Waals surface area contributed by atoms with Gasteiger partial charge in [-0.2, -0.15) is 0 Å². The molecule has 1 aromatic rings. The number of aliphatic imine (C=N–C) groups is 1. The summed E-state index contributed by atoms with van der Waals surface area (Å²) in [6.07, 6.45) is 0.0367. The Bertz CT molecular complexity index is 421. The first-order valence-electron chi connectivity index (χ1n) is 6.74. The molecule has 1 atom stereocenters. The lowest BCUT2D eigenvalue weighted by Crippen LogP contribution is -2.38. The molecule has 0 aliphatic carbocycles. The fourth-order valence-corrected chi connectivity index (χ4v) is 1.55. The number of halogens is 1. The molecule has 0 bridgehead atoms. The Hall–Kier alpha value is -0.980. The minimum absolute atomic E-state index is 0. The van der Waals surface area contributed by atoms with E-state index in [2.05, 4.69) is 24.2 Å². The van der Waals surface area contributed by atoms with Gasteiger partial charge < -0.3 is 15.8 Å². The fourth-order valence-electron chi connectivity index (χ4n) is 1.55. The van der Waals surface area contributed by atoms with Crippen LogP contribution in [-0.2, 0) is 0 Å². The third-order valence-electron chi connectivity index (χ3n) is 2.52. The summed E-state index contributed by atoms with van der Waals surface area (Å²) in [6, 6.07) is 8.02. The Balaban J connectivity index is 0.00000361. The van der Waals surface area contributed by atoms with E-state index in [1.165, 1.54) is 5.56 Å². The van der Waals surface area contributed by atoms with Gasteiger partial charge in [0.1, 0.15) is 11.9 Å². The van der Waals surface area contributed by atoms with Crippen LogP contribution in [0.25, 0.3) is 0 Å². The predicted octanol–water partition coefficient (Wildman–Crippen LogP) is 2.94. The molecule has 0 fully saturated rings. The first-order valence-corrected chi connectivity index (χ1v) is 6.74. The maximum Gasteiger partial charge on any atom is 0.188 e. The van der Waals surface area contributed by atoms with Gasteiger partial charge in [-0.25, -0.2) is 0 Å². The topological polar surface area (TPSA) is 59.6 Å². The summed E-state index contributed by atoms with van der Waals surface area (Å²) in [6.45, 7) is 9.66. The Morgan fingerprint density at radius 3 is 2.65 bits per heavy atom. The van der Waals surface area contributed by atoms with E-state index >= 15 is 0 Å². The average molecular weight is 391 g/mol. The molecule has 114 valence electrons. The number of ether oxygens (including phenoxy) is 1. The second-order valence-electron chi connectivity index (χ2n) is 5.25. The number of benzene rings is 1. The van der Waals surface area contributed by atoms with Crippen molar-refractivity contribution in [2.75, 3.05) is 13.1 Å². The van der Waals surface area contributed by atoms with E-state index in [0.29, 0.717) is 18.4 Å². The van der Waals surface area contributed by atoms with Crippen LogP contribution in [0.2, 0.25) is 0 Å². The first kappa shape index (κ1) is 19.0. The van der Waals surface area contributed by atoms with Crippen LogP contribution < -0.4 is 15.8 Å². The second kappa shape index (κ2) is 9.85. The molecule has 1 rings (SSSR count). The van der Waals surface area contributed by atoms with E-state index < -0.39 is 0 Å². The van der Waals surface area contributed by atoms with Gasteiger partial charge in [0.25, 0.3) is 0 Å². The minimum atomic E-state index is 0. The van der Waals surface area contributed by atoms with E-state index in [-0.39, 0.29) is 30.1 Å². The number of rotatable bonds is 6. The van der Waals surface area contributed by atoms with Gasteiger partial charge in [0, 0.05) is 6.54 Å². The Morgan fingerprint density at radius 2 is 2.05 bits per heavy atom. The van der Waals surface area contributed by atoms with E-state index in [1.54, 1.807) is 0 Å². The quantitative estimate of drug-likeness (QED) is 0.445. The fraction of sp³-hybridized carbons (Fsp3) is 0.533. The Morgan fingerprint density at radius 1 is 1.35 bits per heavy atom. The normalized spacial score (nSPS) is 12.8. The molecule has 0 saturated heterocycles. The standard InChI is InChI=1S/C15H25N3O.HI/c1-11(2)9-17-15(16)18-10-13(4)19-14-7-5-6-12(3)8-14;/h5-8,11,13H,9-10H2,1-4H3,(H3,16,17,18);1H. The van der Waals surface area contributed by atoms with Gasteiger partial charge in [-0.15, -0.1) is 24.0 Å². The largest absolute Gasteiger partial charge is 0.489 e. The molecule has 0 amide bonds. The van der Waals surface area contributed by atoms with Crippen molar-refractivity contribution in [2.24, 2.45) is 16.6 Å². The molecule has 1 unspecified atom stereocenters. The highest BCUT2D eigenvalue weighted by molar-refractivity contribution is 14.0. The SMILES string of the molecule is Cc1cccc(OC(C)CNC(N)=NCC(C)C)c1.I. The van der Waals surface area contributed by atoms with Crippen LogP contribution in [0.3, 0.4) is 0 Å². The van der Waals surface area contributed by atoms with Crippen molar-refractivity contribution in [3.8, 4) is 5.75 Å². The van der Waals surface area contributed by atoms with Crippen LogP contribution in [-0.4, -0.2) is 25.2 Å². The zero-order valence-corrected chi connectivity index (χ0v) is 15.0. The number of nitrogens with two attached hydrogens (primary N) is 1. The van der Waals surface area contributed by atoms with Crippen molar-refractivity contribution in [1.82, 2.24) is 5.32 Å². The third-order valence-corrected chi connectivity index (χ3v) is 2.52. The summed E-state index contributed by atoms with van der Waals surface area (Å²) in [5.74, 6) is 1.88. The van der Waals surface area contributed by atoms with Gasteiger partial charge in [-0.05, 0) is 37.5 Å². The second-order valence-corrected chi connectivity index (χ2v) is 5.25. The molecule has 0 aliphatic rings. The Kier molecular flexibility index (Phi) is 9.37. The highest BCUT2D eigenvalue weighted by Gasteiger charge is 2.04. The molecule has 20 heavy (non-hydrogen) atoms. The summed E-state index contributed by atoms with van der Waals surface area (Å²) in [4.78, 5) is 4.24. The maximum absolute atomic E-state index is 5.80. The molecule has 4 nitrogen and oxygen atoms in total. The molecule has 0 radical (unpaired) electrons. The zero-order valence-electron chi connectivity index (χ0n) is 12.7. The molecule has 0 aliphatic heterocycles. The van der Waals surface area contributed by atoms with Gasteiger partial charge in [-0.3, -0.25) is 4.99 Å². The third kappa shape index (κ3) is 8.24. The molecular weight excluding hydrogens is 365 g/mol.